The Balaban J connectivity index is 0.000000240. The topological polar surface area (TPSA) is 118 Å². The Morgan fingerprint density at radius 2 is 0.833 bits per heavy atom. The van der Waals surface area contributed by atoms with E-state index in [1.807, 2.05) is 0 Å². The fourth-order valence-corrected chi connectivity index (χ4v) is 1.44. The molecular weight excluding hydrogens is 312 g/mol. The number of benzene rings is 2. The van der Waals surface area contributed by atoms with Crippen LogP contribution in [0.25, 0.3) is 0 Å². The summed E-state index contributed by atoms with van der Waals surface area (Å²) in [5.74, 6) is 0. The smallest absolute Gasteiger partial charge is 0.211 e. The van der Waals surface area contributed by atoms with Gasteiger partial charge in [-0.15, -0.1) is 0 Å². The number of carbonyl (C=O) groups excluding carboxylic acids is 4. The summed E-state index contributed by atoms with van der Waals surface area (Å²) in [7, 11) is 0. The van der Waals surface area contributed by atoms with Gasteiger partial charge in [0.15, 0.2) is 0 Å². The summed E-state index contributed by atoms with van der Waals surface area (Å²) in [6, 6.07) is 12.6. The van der Waals surface area contributed by atoms with Crippen LogP contribution in [0.4, 0.5) is 22.7 Å². The molecule has 0 aliphatic rings. The largest absolute Gasteiger partial charge is 0.240 e. The van der Waals surface area contributed by atoms with Gasteiger partial charge < -0.3 is 0 Å². The van der Waals surface area contributed by atoms with Gasteiger partial charge in [-0.05, 0) is 42.5 Å². The van der Waals surface area contributed by atoms with Crippen LogP contribution in [0.3, 0.4) is 0 Å². The Kier molecular flexibility index (Phi) is 7.99. The lowest BCUT2D eigenvalue weighted by atomic mass is 10.3. The Morgan fingerprint density at radius 1 is 0.500 bits per heavy atom. The van der Waals surface area contributed by atoms with Gasteiger partial charge in [0.25, 0.3) is 0 Å². The number of aliphatic imine (C=N–C) groups is 4. The molecule has 0 unspecified atom stereocenters. The van der Waals surface area contributed by atoms with Gasteiger partial charge in [-0.3, -0.25) is 0 Å². The van der Waals surface area contributed by atoms with Gasteiger partial charge in [0.2, 0.25) is 24.3 Å². The van der Waals surface area contributed by atoms with E-state index in [0.29, 0.717) is 22.7 Å². The van der Waals surface area contributed by atoms with Gasteiger partial charge in [-0.25, -0.2) is 19.2 Å². The normalized spacial score (nSPS) is 8.00. The van der Waals surface area contributed by atoms with Crippen molar-refractivity contribution in [2.45, 2.75) is 0 Å². The second kappa shape index (κ2) is 10.7. The summed E-state index contributed by atoms with van der Waals surface area (Å²) in [4.78, 5) is 52.7. The molecule has 2 aromatic rings. The molecule has 8 heteroatoms. The second-order valence-electron chi connectivity index (χ2n) is 3.85. The molecule has 116 valence electrons. The first kappa shape index (κ1) is 18.0. The van der Waals surface area contributed by atoms with E-state index in [1.54, 1.807) is 42.5 Å². The third-order valence-corrected chi connectivity index (χ3v) is 2.38. The van der Waals surface area contributed by atoms with Gasteiger partial charge in [-0.2, -0.15) is 20.0 Å². The molecule has 0 spiro atoms. The standard InChI is InChI=1S/2C8H4N2O2/c11-5-9-7-1-2-8(4-3-7)10-6-12;11-5-9-7-2-1-3-8(4-7)10-6-12/h2*1-4H. The minimum absolute atomic E-state index is 0.418. The molecule has 0 aromatic heterocycles. The third-order valence-electron chi connectivity index (χ3n) is 2.38. The van der Waals surface area contributed by atoms with Crippen LogP contribution in [0.15, 0.2) is 68.5 Å². The van der Waals surface area contributed by atoms with Crippen molar-refractivity contribution in [3.63, 3.8) is 0 Å². The van der Waals surface area contributed by atoms with Gasteiger partial charge in [0.1, 0.15) is 0 Å². The number of rotatable bonds is 4. The first-order valence-corrected chi connectivity index (χ1v) is 6.25. The van der Waals surface area contributed by atoms with Crippen LogP contribution >= 0.6 is 0 Å². The molecule has 0 aliphatic carbocycles. The van der Waals surface area contributed by atoms with Crippen LogP contribution in [-0.2, 0) is 19.2 Å². The van der Waals surface area contributed by atoms with E-state index in [4.69, 9.17) is 0 Å². The number of hydrogen-bond donors (Lipinski definition) is 0. The van der Waals surface area contributed by atoms with Crippen molar-refractivity contribution >= 4 is 47.1 Å². The summed E-state index contributed by atoms with van der Waals surface area (Å²) in [5.41, 5.74) is 1.80. The summed E-state index contributed by atoms with van der Waals surface area (Å²) in [6.45, 7) is 0. The Morgan fingerprint density at radius 3 is 1.17 bits per heavy atom. The minimum Gasteiger partial charge on any atom is -0.211 e. The van der Waals surface area contributed by atoms with Gasteiger partial charge in [0, 0.05) is 0 Å². The van der Waals surface area contributed by atoms with Crippen molar-refractivity contribution in [2.24, 2.45) is 20.0 Å². The predicted octanol–water partition coefficient (Wildman–Crippen LogP) is 3.24. The zero-order chi connectivity index (χ0) is 17.6. The molecule has 0 fully saturated rings. The van der Waals surface area contributed by atoms with Crippen LogP contribution in [-0.4, -0.2) is 24.3 Å². The van der Waals surface area contributed by atoms with Gasteiger partial charge in [-0.1, -0.05) is 6.07 Å². The molecule has 2 rings (SSSR count). The fourth-order valence-electron chi connectivity index (χ4n) is 1.44. The lowest BCUT2D eigenvalue weighted by Crippen LogP contribution is -1.64. The first-order valence-electron chi connectivity index (χ1n) is 6.25. The van der Waals surface area contributed by atoms with E-state index in [2.05, 4.69) is 20.0 Å². The summed E-state index contributed by atoms with van der Waals surface area (Å²) >= 11 is 0. The number of nitrogens with zero attached hydrogens (tertiary/aromatic N) is 4. The van der Waals surface area contributed by atoms with E-state index in [9.17, 15) is 19.2 Å². The van der Waals surface area contributed by atoms with E-state index >= 15 is 0 Å². The number of hydrogen-bond acceptors (Lipinski definition) is 8. The summed E-state index contributed by atoms with van der Waals surface area (Å²) < 4.78 is 0. The highest BCUT2D eigenvalue weighted by molar-refractivity contribution is 5.58. The minimum atomic E-state index is 0.418. The maximum absolute atomic E-state index is 9.84. The maximum Gasteiger partial charge on any atom is 0.240 e. The van der Waals surface area contributed by atoms with Crippen molar-refractivity contribution < 1.29 is 19.2 Å². The van der Waals surface area contributed by atoms with Crippen molar-refractivity contribution in [3.05, 3.63) is 48.5 Å². The predicted molar refractivity (Wildman–Crippen MR) is 84.0 cm³/mol. The molecule has 0 aliphatic heterocycles. The van der Waals surface area contributed by atoms with Crippen LogP contribution < -0.4 is 0 Å². The van der Waals surface area contributed by atoms with E-state index < -0.39 is 0 Å². The Hall–Kier alpha value is -4.04. The van der Waals surface area contributed by atoms with Crippen molar-refractivity contribution in [3.8, 4) is 0 Å². The Bertz CT molecular complexity index is 812. The maximum atomic E-state index is 9.84. The summed E-state index contributed by atoms with van der Waals surface area (Å²) in [6.07, 6.45) is 5.58. The molecule has 0 heterocycles. The molecule has 0 amide bonds. The summed E-state index contributed by atoms with van der Waals surface area (Å²) in [5, 5.41) is 0. The van der Waals surface area contributed by atoms with Crippen LogP contribution in [0.2, 0.25) is 0 Å². The van der Waals surface area contributed by atoms with E-state index in [-0.39, 0.29) is 0 Å². The van der Waals surface area contributed by atoms with Crippen LogP contribution in [0.1, 0.15) is 0 Å². The zero-order valence-electron chi connectivity index (χ0n) is 12.0. The van der Waals surface area contributed by atoms with Crippen molar-refractivity contribution in [2.75, 3.05) is 0 Å². The Labute approximate surface area is 135 Å². The highest BCUT2D eigenvalue weighted by Gasteiger charge is 1.91. The molecular formula is C16H8N4O4. The second-order valence-corrected chi connectivity index (χ2v) is 3.85. The molecule has 0 saturated heterocycles. The molecule has 0 saturated carbocycles. The SMILES string of the molecule is O=C=Nc1ccc(N=C=O)cc1.O=C=Nc1cccc(N=C=O)c1. The van der Waals surface area contributed by atoms with Gasteiger partial charge in [0.05, 0.1) is 22.7 Å². The van der Waals surface area contributed by atoms with Crippen molar-refractivity contribution in [1.82, 2.24) is 0 Å². The molecule has 2 aromatic carbocycles. The quantitative estimate of drug-likeness (QED) is 0.634. The molecule has 0 radical (unpaired) electrons. The third kappa shape index (κ3) is 6.61. The van der Waals surface area contributed by atoms with Gasteiger partial charge >= 0.3 is 0 Å². The average Bonchev–Trinajstić information content (AvgIpc) is 2.59. The van der Waals surface area contributed by atoms with Crippen LogP contribution in [0, 0.1) is 0 Å². The molecule has 0 bridgehead atoms. The van der Waals surface area contributed by atoms with Crippen molar-refractivity contribution in [1.29, 1.82) is 0 Å². The lowest BCUT2D eigenvalue weighted by Gasteiger charge is -1.90. The highest BCUT2D eigenvalue weighted by atomic mass is 16.1. The van der Waals surface area contributed by atoms with E-state index in [1.165, 1.54) is 30.4 Å². The first-order chi connectivity index (χ1) is 11.7. The molecule has 8 nitrogen and oxygen atoms in total. The van der Waals surface area contributed by atoms with Crippen LogP contribution in [0.5, 0.6) is 0 Å². The highest BCUT2D eigenvalue weighted by Crippen LogP contribution is 2.19. The molecule has 0 N–H and O–H groups in total. The molecule has 0 atom stereocenters. The fraction of sp³-hybridized carbons (Fsp3) is 0. The monoisotopic (exact) mass is 320 g/mol. The van der Waals surface area contributed by atoms with E-state index in [0.717, 1.165) is 0 Å². The lowest BCUT2D eigenvalue weighted by molar-refractivity contribution is 0.564. The zero-order valence-corrected chi connectivity index (χ0v) is 12.0. The number of isocyanates is 4. The molecule has 24 heavy (non-hydrogen) atoms. The average molecular weight is 320 g/mol.